The van der Waals surface area contributed by atoms with Gasteiger partial charge < -0.3 is 14.0 Å². The van der Waals surface area contributed by atoms with Crippen molar-refractivity contribution in [3.05, 3.63) is 11.6 Å². The average Bonchev–Trinajstić information content (AvgIpc) is 2.66. The predicted molar refractivity (Wildman–Crippen MR) is 57.5 cm³/mol. The van der Waals surface area contributed by atoms with E-state index in [1.807, 2.05) is 0 Å². The summed E-state index contributed by atoms with van der Waals surface area (Å²) in [5.74, 6) is -0.0411. The van der Waals surface area contributed by atoms with Gasteiger partial charge in [-0.3, -0.25) is 0 Å². The maximum absolute atomic E-state index is 11.9. The lowest BCUT2D eigenvalue weighted by Gasteiger charge is -2.08. The van der Waals surface area contributed by atoms with Crippen molar-refractivity contribution >= 4 is 5.97 Å². The maximum atomic E-state index is 11.9. The third kappa shape index (κ3) is 4.02. The molecule has 0 bridgehead atoms. The number of hydrogen-bond donors (Lipinski definition) is 0. The highest BCUT2D eigenvalue weighted by molar-refractivity contribution is 5.85. The molecule has 102 valence electrons. The second-order valence-corrected chi connectivity index (χ2v) is 3.41. The number of halogens is 2. The lowest BCUT2D eigenvalue weighted by atomic mass is 10.5. The van der Waals surface area contributed by atoms with Gasteiger partial charge in [-0.2, -0.15) is 0 Å². The van der Waals surface area contributed by atoms with E-state index in [2.05, 4.69) is 10.2 Å². The summed E-state index contributed by atoms with van der Waals surface area (Å²) in [5, 5.41) is 7.42. The summed E-state index contributed by atoms with van der Waals surface area (Å²) in [5.41, 5.74) is 0. The predicted octanol–water partition coefficient (Wildman–Crippen LogP) is 1.04. The van der Waals surface area contributed by atoms with Gasteiger partial charge in [0.15, 0.2) is 0 Å². The van der Waals surface area contributed by atoms with Crippen molar-refractivity contribution in [1.29, 1.82) is 0 Å². The average molecular weight is 263 g/mol. The summed E-state index contributed by atoms with van der Waals surface area (Å²) in [6.45, 7) is 3.21. The fourth-order valence-electron chi connectivity index (χ4n) is 1.32. The Morgan fingerprint density at radius 1 is 1.44 bits per heavy atom. The Morgan fingerprint density at radius 2 is 2.17 bits per heavy atom. The summed E-state index contributed by atoms with van der Waals surface area (Å²) in [6, 6.07) is 0. The first-order chi connectivity index (χ1) is 8.56. The molecule has 0 saturated heterocycles. The normalized spacial score (nSPS) is 10.9. The van der Waals surface area contributed by atoms with Crippen LogP contribution in [0.2, 0.25) is 0 Å². The van der Waals surface area contributed by atoms with Gasteiger partial charge in [-0.25, -0.2) is 13.6 Å². The van der Waals surface area contributed by atoms with Crippen LogP contribution in [0.3, 0.4) is 0 Å². The Bertz CT molecular complexity index is 396. The molecule has 6 nitrogen and oxygen atoms in total. The van der Waals surface area contributed by atoms with Crippen LogP contribution in [0, 0.1) is 6.92 Å². The highest BCUT2D eigenvalue weighted by Crippen LogP contribution is 2.04. The number of aryl methyl sites for hydroxylation is 1. The number of ether oxygens (including phenoxy) is 2. The molecular weight excluding hydrogens is 248 g/mol. The van der Waals surface area contributed by atoms with E-state index in [1.165, 1.54) is 4.57 Å². The van der Waals surface area contributed by atoms with Crippen LogP contribution in [0.1, 0.15) is 23.4 Å². The van der Waals surface area contributed by atoms with Crippen LogP contribution in [0.4, 0.5) is 8.78 Å². The Hall–Kier alpha value is -1.57. The highest BCUT2D eigenvalue weighted by Gasteiger charge is 2.17. The van der Waals surface area contributed by atoms with Gasteiger partial charge in [-0.05, 0) is 13.8 Å². The zero-order valence-corrected chi connectivity index (χ0v) is 10.2. The molecule has 0 N–H and O–H groups in total. The van der Waals surface area contributed by atoms with Gasteiger partial charge in [-0.15, -0.1) is 10.2 Å². The zero-order valence-electron chi connectivity index (χ0n) is 10.2. The molecule has 8 heteroatoms. The van der Waals surface area contributed by atoms with Crippen molar-refractivity contribution in [2.45, 2.75) is 26.8 Å². The van der Waals surface area contributed by atoms with Crippen LogP contribution >= 0.6 is 0 Å². The van der Waals surface area contributed by atoms with E-state index in [0.29, 0.717) is 5.82 Å². The van der Waals surface area contributed by atoms with E-state index in [9.17, 15) is 13.6 Å². The fraction of sp³-hybridized carbons (Fsp3) is 0.700. The van der Waals surface area contributed by atoms with Gasteiger partial charge in [0.2, 0.25) is 5.82 Å². The van der Waals surface area contributed by atoms with Gasteiger partial charge >= 0.3 is 5.97 Å². The molecule has 1 aromatic rings. The number of alkyl halides is 2. The molecule has 0 spiro atoms. The van der Waals surface area contributed by atoms with Crippen molar-refractivity contribution < 1.29 is 23.0 Å². The van der Waals surface area contributed by atoms with E-state index < -0.39 is 19.0 Å². The van der Waals surface area contributed by atoms with Crippen molar-refractivity contribution in [1.82, 2.24) is 14.8 Å². The largest absolute Gasteiger partial charge is 0.460 e. The van der Waals surface area contributed by atoms with Crippen LogP contribution in [0.5, 0.6) is 0 Å². The van der Waals surface area contributed by atoms with Crippen molar-refractivity contribution in [3.8, 4) is 0 Å². The Balaban J connectivity index is 2.58. The fourth-order valence-corrected chi connectivity index (χ4v) is 1.32. The van der Waals surface area contributed by atoms with Crippen LogP contribution in [0.25, 0.3) is 0 Å². The molecule has 1 rings (SSSR count). The standard InChI is InChI=1S/C10H15F2N3O3/c1-3-18-10(16)9-14-13-7(2)15(9)4-5-17-6-8(11)12/h8H,3-6H2,1-2H3. The van der Waals surface area contributed by atoms with Gasteiger partial charge in [0, 0.05) is 6.54 Å². The minimum Gasteiger partial charge on any atom is -0.460 e. The molecule has 0 aliphatic heterocycles. The van der Waals surface area contributed by atoms with E-state index in [1.54, 1.807) is 13.8 Å². The van der Waals surface area contributed by atoms with Gasteiger partial charge in [0.25, 0.3) is 6.43 Å². The summed E-state index contributed by atoms with van der Waals surface area (Å²) < 4.78 is 34.7. The zero-order chi connectivity index (χ0) is 13.5. The first-order valence-electron chi connectivity index (χ1n) is 5.49. The summed E-state index contributed by atoms with van der Waals surface area (Å²) >= 11 is 0. The van der Waals surface area contributed by atoms with Crippen LogP contribution in [-0.2, 0) is 16.0 Å². The first-order valence-corrected chi connectivity index (χ1v) is 5.49. The smallest absolute Gasteiger partial charge is 0.376 e. The van der Waals surface area contributed by atoms with Crippen LogP contribution in [0.15, 0.2) is 0 Å². The number of rotatable bonds is 7. The van der Waals surface area contributed by atoms with Crippen LogP contribution < -0.4 is 0 Å². The molecule has 0 unspecified atom stereocenters. The molecule has 0 amide bonds. The Kier molecular flexibility index (Phi) is 5.63. The van der Waals surface area contributed by atoms with E-state index in [0.717, 1.165) is 0 Å². The summed E-state index contributed by atoms with van der Waals surface area (Å²) in [7, 11) is 0. The minimum absolute atomic E-state index is 0.0509. The highest BCUT2D eigenvalue weighted by atomic mass is 19.3. The Labute approximate surface area is 103 Å². The SMILES string of the molecule is CCOC(=O)c1nnc(C)n1CCOCC(F)F. The number of hydrogen-bond acceptors (Lipinski definition) is 5. The number of carbonyl (C=O) groups is 1. The second kappa shape index (κ2) is 7.00. The van der Waals surface area contributed by atoms with Crippen molar-refractivity contribution in [2.75, 3.05) is 19.8 Å². The molecule has 0 aliphatic carbocycles. The molecular formula is C10H15F2N3O3. The van der Waals surface area contributed by atoms with Crippen LogP contribution in [-0.4, -0.2) is 47.0 Å². The number of nitrogens with zero attached hydrogens (tertiary/aromatic N) is 3. The third-order valence-corrected chi connectivity index (χ3v) is 2.10. The van der Waals surface area contributed by atoms with Crippen molar-refractivity contribution in [2.24, 2.45) is 0 Å². The second-order valence-electron chi connectivity index (χ2n) is 3.41. The van der Waals surface area contributed by atoms with E-state index >= 15 is 0 Å². The minimum atomic E-state index is -2.50. The lowest BCUT2D eigenvalue weighted by Crippen LogP contribution is -2.18. The van der Waals surface area contributed by atoms with Crippen molar-refractivity contribution in [3.63, 3.8) is 0 Å². The third-order valence-electron chi connectivity index (χ3n) is 2.10. The van der Waals surface area contributed by atoms with Gasteiger partial charge in [0.05, 0.1) is 13.2 Å². The van der Waals surface area contributed by atoms with E-state index in [4.69, 9.17) is 9.47 Å². The molecule has 0 aromatic carbocycles. The monoisotopic (exact) mass is 263 g/mol. The lowest BCUT2D eigenvalue weighted by molar-refractivity contribution is 0.0140. The molecule has 0 atom stereocenters. The molecule has 1 heterocycles. The molecule has 0 fully saturated rings. The summed E-state index contributed by atoms with van der Waals surface area (Å²) in [6.07, 6.45) is -2.50. The molecule has 0 aliphatic rings. The quantitative estimate of drug-likeness (QED) is 0.543. The van der Waals surface area contributed by atoms with E-state index in [-0.39, 0.29) is 25.6 Å². The molecule has 1 aromatic heterocycles. The number of esters is 1. The topological polar surface area (TPSA) is 66.2 Å². The van der Waals surface area contributed by atoms with Gasteiger partial charge in [0.1, 0.15) is 12.4 Å². The Morgan fingerprint density at radius 3 is 2.78 bits per heavy atom. The first kappa shape index (κ1) is 14.5. The maximum Gasteiger partial charge on any atom is 0.376 e. The molecule has 0 radical (unpaired) electrons. The summed E-state index contributed by atoms with van der Waals surface area (Å²) in [4.78, 5) is 11.5. The number of aromatic nitrogens is 3. The molecule has 0 saturated carbocycles. The van der Waals surface area contributed by atoms with Gasteiger partial charge in [-0.1, -0.05) is 0 Å². The molecule has 18 heavy (non-hydrogen) atoms. The number of carbonyl (C=O) groups excluding carboxylic acids is 1.